The number of aliphatic hydroxyl groups is 1. The van der Waals surface area contributed by atoms with Gasteiger partial charge in [0.25, 0.3) is 0 Å². The van der Waals surface area contributed by atoms with Gasteiger partial charge in [0.05, 0.1) is 19.1 Å². The van der Waals surface area contributed by atoms with Crippen LogP contribution < -0.4 is 4.90 Å². The lowest BCUT2D eigenvalue weighted by atomic mass is 9.87. The Kier molecular flexibility index (Phi) is 2.96. The first-order valence-corrected chi connectivity index (χ1v) is 5.97. The van der Waals surface area contributed by atoms with E-state index in [0.717, 1.165) is 5.69 Å². The van der Waals surface area contributed by atoms with Crippen molar-refractivity contribution in [1.29, 1.82) is 0 Å². The van der Waals surface area contributed by atoms with Gasteiger partial charge in [0.1, 0.15) is 0 Å². The minimum Gasteiger partial charge on any atom is -0.391 e. The molecule has 1 fully saturated rings. The van der Waals surface area contributed by atoms with Crippen LogP contribution in [0.1, 0.15) is 32.8 Å². The maximum absolute atomic E-state index is 11.6. The van der Waals surface area contributed by atoms with Crippen molar-refractivity contribution in [2.75, 3.05) is 11.4 Å². The number of amides is 1. The van der Waals surface area contributed by atoms with Crippen molar-refractivity contribution in [1.82, 2.24) is 0 Å². The summed E-state index contributed by atoms with van der Waals surface area (Å²) in [6.45, 7) is 6.89. The molecule has 1 N–H and O–H groups in total. The van der Waals surface area contributed by atoms with E-state index < -0.39 is 6.10 Å². The molecule has 1 heterocycles. The molecule has 0 saturated carbocycles. The van der Waals surface area contributed by atoms with Gasteiger partial charge in [0.15, 0.2) is 0 Å². The summed E-state index contributed by atoms with van der Waals surface area (Å²) in [6, 6.07) is 8.01. The van der Waals surface area contributed by atoms with Crippen LogP contribution in [-0.4, -0.2) is 23.7 Å². The van der Waals surface area contributed by atoms with Crippen LogP contribution in [0.4, 0.5) is 5.69 Å². The zero-order valence-electron chi connectivity index (χ0n) is 10.6. The summed E-state index contributed by atoms with van der Waals surface area (Å²) >= 11 is 0. The lowest BCUT2D eigenvalue weighted by Crippen LogP contribution is -2.25. The van der Waals surface area contributed by atoms with E-state index in [-0.39, 0.29) is 17.7 Å². The maximum Gasteiger partial charge on any atom is 0.229 e. The number of hydrogen-bond acceptors (Lipinski definition) is 2. The second kappa shape index (κ2) is 4.15. The molecule has 17 heavy (non-hydrogen) atoms. The Morgan fingerprint density at radius 2 is 1.82 bits per heavy atom. The SMILES string of the molecule is CC(C)(C)c1ccc(N2CC(O)CC2=O)cc1. The smallest absolute Gasteiger partial charge is 0.229 e. The normalized spacial score (nSPS) is 21.1. The second-order valence-corrected chi connectivity index (χ2v) is 5.66. The zero-order valence-corrected chi connectivity index (χ0v) is 10.6. The quantitative estimate of drug-likeness (QED) is 0.806. The Bertz CT molecular complexity index is 417. The van der Waals surface area contributed by atoms with Gasteiger partial charge in [-0.25, -0.2) is 0 Å². The van der Waals surface area contributed by atoms with Crippen LogP contribution in [0.25, 0.3) is 0 Å². The number of carbonyl (C=O) groups is 1. The fourth-order valence-electron chi connectivity index (χ4n) is 2.08. The van der Waals surface area contributed by atoms with E-state index in [4.69, 9.17) is 0 Å². The van der Waals surface area contributed by atoms with Crippen LogP contribution in [0, 0.1) is 0 Å². The number of hydrogen-bond donors (Lipinski definition) is 1. The summed E-state index contributed by atoms with van der Waals surface area (Å²) in [5.41, 5.74) is 2.24. The van der Waals surface area contributed by atoms with Gasteiger partial charge in [0, 0.05) is 5.69 Å². The van der Waals surface area contributed by atoms with Crippen LogP contribution >= 0.6 is 0 Å². The van der Waals surface area contributed by atoms with Crippen molar-refractivity contribution in [3.05, 3.63) is 29.8 Å². The minimum atomic E-state index is -0.523. The average molecular weight is 233 g/mol. The third-order valence-corrected chi connectivity index (χ3v) is 3.15. The molecule has 1 unspecified atom stereocenters. The molecule has 0 aromatic heterocycles. The molecule has 92 valence electrons. The predicted molar refractivity (Wildman–Crippen MR) is 68.1 cm³/mol. The number of aliphatic hydroxyl groups excluding tert-OH is 1. The average Bonchev–Trinajstić information content (AvgIpc) is 2.57. The third kappa shape index (κ3) is 2.50. The van der Waals surface area contributed by atoms with Crippen LogP contribution in [-0.2, 0) is 10.2 Å². The van der Waals surface area contributed by atoms with Gasteiger partial charge >= 0.3 is 0 Å². The topological polar surface area (TPSA) is 40.5 Å². The molecule has 1 amide bonds. The van der Waals surface area contributed by atoms with Gasteiger partial charge in [-0.1, -0.05) is 32.9 Å². The number of benzene rings is 1. The predicted octanol–water partition coefficient (Wildman–Crippen LogP) is 2.08. The summed E-state index contributed by atoms with van der Waals surface area (Å²) in [4.78, 5) is 13.3. The second-order valence-electron chi connectivity index (χ2n) is 5.66. The van der Waals surface area contributed by atoms with E-state index >= 15 is 0 Å². The Balaban J connectivity index is 2.22. The molecule has 0 aliphatic carbocycles. The summed E-state index contributed by atoms with van der Waals surface area (Å²) < 4.78 is 0. The number of rotatable bonds is 1. The highest BCUT2D eigenvalue weighted by Crippen LogP contribution is 2.26. The molecule has 0 radical (unpaired) electrons. The largest absolute Gasteiger partial charge is 0.391 e. The van der Waals surface area contributed by atoms with Crippen LogP contribution in [0.15, 0.2) is 24.3 Å². The van der Waals surface area contributed by atoms with Crippen molar-refractivity contribution in [3.8, 4) is 0 Å². The first-order valence-electron chi connectivity index (χ1n) is 5.97. The summed E-state index contributed by atoms with van der Waals surface area (Å²) in [6.07, 6.45) is -0.286. The summed E-state index contributed by atoms with van der Waals surface area (Å²) in [5.74, 6) is 0.000934. The highest BCUT2D eigenvalue weighted by atomic mass is 16.3. The molecule has 1 aliphatic heterocycles. The lowest BCUT2D eigenvalue weighted by Gasteiger charge is -2.21. The standard InChI is InChI=1S/C14H19NO2/c1-14(2,3)10-4-6-11(7-5-10)15-9-12(16)8-13(15)17/h4-7,12,16H,8-9H2,1-3H3. The van der Waals surface area contributed by atoms with Crippen LogP contribution in [0.2, 0.25) is 0 Å². The summed E-state index contributed by atoms with van der Waals surface area (Å²) in [5, 5.41) is 9.45. The molecule has 1 aromatic rings. The molecular formula is C14H19NO2. The number of carbonyl (C=O) groups excluding carboxylic acids is 1. The number of β-amino-alcohol motifs (C(OH)–C–C–N with tert-alkyl or cyclic N) is 1. The Labute approximate surface area is 102 Å². The third-order valence-electron chi connectivity index (χ3n) is 3.15. The molecule has 3 nitrogen and oxygen atoms in total. The fraction of sp³-hybridized carbons (Fsp3) is 0.500. The van der Waals surface area contributed by atoms with E-state index in [1.807, 2.05) is 24.3 Å². The molecule has 0 spiro atoms. The van der Waals surface area contributed by atoms with Crippen LogP contribution in [0.5, 0.6) is 0 Å². The highest BCUT2D eigenvalue weighted by Gasteiger charge is 2.29. The van der Waals surface area contributed by atoms with Crippen LogP contribution in [0.3, 0.4) is 0 Å². The molecule has 1 saturated heterocycles. The van der Waals surface area contributed by atoms with E-state index in [2.05, 4.69) is 20.8 Å². The molecule has 1 aliphatic rings. The molecule has 3 heteroatoms. The van der Waals surface area contributed by atoms with Gasteiger partial charge in [0.2, 0.25) is 5.91 Å². The van der Waals surface area contributed by atoms with E-state index in [1.165, 1.54) is 5.56 Å². The lowest BCUT2D eigenvalue weighted by molar-refractivity contribution is -0.117. The first-order chi connectivity index (χ1) is 7.88. The molecule has 2 rings (SSSR count). The number of nitrogens with zero attached hydrogens (tertiary/aromatic N) is 1. The van der Waals surface area contributed by atoms with Gasteiger partial charge in [-0.15, -0.1) is 0 Å². The van der Waals surface area contributed by atoms with Crippen molar-refractivity contribution in [2.45, 2.75) is 38.7 Å². The van der Waals surface area contributed by atoms with E-state index in [9.17, 15) is 9.90 Å². The fourth-order valence-corrected chi connectivity index (χ4v) is 2.08. The Morgan fingerprint density at radius 3 is 2.24 bits per heavy atom. The minimum absolute atomic E-state index is 0.000934. The number of anilines is 1. The molecule has 1 atom stereocenters. The van der Waals surface area contributed by atoms with Gasteiger partial charge in [-0.2, -0.15) is 0 Å². The molecule has 0 bridgehead atoms. The first kappa shape index (κ1) is 12.1. The van der Waals surface area contributed by atoms with Crippen molar-refractivity contribution in [3.63, 3.8) is 0 Å². The van der Waals surface area contributed by atoms with Crippen molar-refractivity contribution in [2.24, 2.45) is 0 Å². The van der Waals surface area contributed by atoms with E-state index in [1.54, 1.807) is 4.90 Å². The Hall–Kier alpha value is -1.35. The van der Waals surface area contributed by atoms with Crippen molar-refractivity contribution >= 4 is 11.6 Å². The van der Waals surface area contributed by atoms with Gasteiger partial charge in [-0.3, -0.25) is 4.79 Å². The van der Waals surface area contributed by atoms with Gasteiger partial charge in [-0.05, 0) is 23.1 Å². The maximum atomic E-state index is 11.6. The molecular weight excluding hydrogens is 214 g/mol. The summed E-state index contributed by atoms with van der Waals surface area (Å²) in [7, 11) is 0. The monoisotopic (exact) mass is 233 g/mol. The van der Waals surface area contributed by atoms with Gasteiger partial charge < -0.3 is 10.0 Å². The highest BCUT2D eigenvalue weighted by molar-refractivity contribution is 5.96. The molecule has 1 aromatic carbocycles. The van der Waals surface area contributed by atoms with E-state index in [0.29, 0.717) is 6.54 Å². The van der Waals surface area contributed by atoms with Crippen molar-refractivity contribution < 1.29 is 9.90 Å². The zero-order chi connectivity index (χ0) is 12.6. The Morgan fingerprint density at radius 1 is 1.24 bits per heavy atom.